The van der Waals surface area contributed by atoms with Gasteiger partial charge in [0.25, 0.3) is 11.5 Å². The molecule has 0 bridgehead atoms. The van der Waals surface area contributed by atoms with Crippen molar-refractivity contribution in [2.75, 3.05) is 24.6 Å². The molecular weight excluding hydrogens is 624 g/mol. The lowest BCUT2D eigenvalue weighted by atomic mass is 10.0. The zero-order chi connectivity index (χ0) is 33.1. The van der Waals surface area contributed by atoms with E-state index in [-0.39, 0.29) is 30.3 Å². The second-order valence-corrected chi connectivity index (χ2v) is 19.8. The molecule has 1 fully saturated rings. The van der Waals surface area contributed by atoms with Crippen molar-refractivity contribution in [3.63, 3.8) is 0 Å². The van der Waals surface area contributed by atoms with Crippen LogP contribution in [0.5, 0.6) is 0 Å². The van der Waals surface area contributed by atoms with E-state index in [1.165, 1.54) is 16.5 Å². The number of aromatic nitrogens is 5. The molecule has 1 aliphatic heterocycles. The van der Waals surface area contributed by atoms with Crippen LogP contribution in [-0.2, 0) is 30.3 Å². The van der Waals surface area contributed by atoms with Crippen LogP contribution in [0.1, 0.15) is 20.8 Å². The summed E-state index contributed by atoms with van der Waals surface area (Å²) in [5, 5.41) is 8.16. The molecule has 4 aromatic rings. The number of hydrogen-bond donors (Lipinski definition) is 1. The number of carbonyl (C=O) groups is 1. The number of hydrogen-bond acceptors (Lipinski definition) is 7. The van der Waals surface area contributed by atoms with Gasteiger partial charge in [0.05, 0.1) is 22.5 Å². The number of alkyl halides is 2. The summed E-state index contributed by atoms with van der Waals surface area (Å²) in [5.74, 6) is -3.26. The minimum absolute atomic E-state index is 0.0440. The van der Waals surface area contributed by atoms with Gasteiger partial charge in [0.15, 0.2) is 5.65 Å². The maximum absolute atomic E-state index is 15.2. The Morgan fingerprint density at radius 2 is 1.89 bits per heavy atom. The number of aryl methyl sites for hydroxylation is 1. The van der Waals surface area contributed by atoms with Gasteiger partial charge in [0, 0.05) is 64.2 Å². The first-order chi connectivity index (χ1) is 20.8. The molecule has 1 atom stereocenters. The van der Waals surface area contributed by atoms with Crippen molar-refractivity contribution in [2.45, 2.75) is 70.8 Å². The normalized spacial score (nSPS) is 17.0. The number of nitrogens with one attached hydrogen (secondary N) is 1. The summed E-state index contributed by atoms with van der Waals surface area (Å²) in [6.07, 6.45) is 2.64. The highest BCUT2D eigenvalue weighted by atomic mass is 35.5. The van der Waals surface area contributed by atoms with Gasteiger partial charge < -0.3 is 24.3 Å². The van der Waals surface area contributed by atoms with Crippen molar-refractivity contribution in [3.8, 4) is 11.1 Å². The van der Waals surface area contributed by atoms with Crippen LogP contribution in [0, 0.1) is 0 Å². The van der Waals surface area contributed by atoms with E-state index in [9.17, 15) is 9.59 Å². The molecule has 0 aliphatic carbocycles. The van der Waals surface area contributed by atoms with E-state index in [2.05, 4.69) is 30.1 Å². The first-order valence-electron chi connectivity index (χ1n) is 14.8. The Hall–Kier alpha value is -3.49. The molecule has 1 saturated heterocycles. The number of halogens is 3. The van der Waals surface area contributed by atoms with Crippen molar-refractivity contribution in [3.05, 3.63) is 39.9 Å². The van der Waals surface area contributed by atoms with E-state index in [1.54, 1.807) is 43.3 Å². The summed E-state index contributed by atoms with van der Waals surface area (Å²) in [5.41, 5.74) is 0.876. The van der Waals surface area contributed by atoms with Gasteiger partial charge in [-0.3, -0.25) is 14.0 Å². The van der Waals surface area contributed by atoms with Crippen molar-refractivity contribution >= 4 is 53.7 Å². The van der Waals surface area contributed by atoms with Gasteiger partial charge in [-0.2, -0.15) is 10.1 Å². The number of carbonyl (C=O) groups excluding carboxylic acids is 1. The van der Waals surface area contributed by atoms with E-state index in [0.29, 0.717) is 28.3 Å². The summed E-state index contributed by atoms with van der Waals surface area (Å²) < 4.78 is 46.3. The minimum atomic E-state index is -3.30. The van der Waals surface area contributed by atoms with Crippen LogP contribution in [-0.4, -0.2) is 75.3 Å². The number of nitrogens with zero attached hydrogens (tertiary/aromatic N) is 6. The van der Waals surface area contributed by atoms with Crippen LogP contribution in [0.4, 0.5) is 19.5 Å². The number of anilines is 1. The molecule has 15 heteroatoms. The maximum Gasteiger partial charge on any atom is 0.408 e. The molecule has 1 amide bonds. The van der Waals surface area contributed by atoms with E-state index in [1.807, 2.05) is 18.3 Å². The monoisotopic (exact) mass is 663 g/mol. The fourth-order valence-electron chi connectivity index (χ4n) is 5.35. The van der Waals surface area contributed by atoms with E-state index < -0.39 is 43.8 Å². The number of benzene rings is 1. The van der Waals surface area contributed by atoms with Crippen LogP contribution in [0.3, 0.4) is 0 Å². The number of fused-ring (bicyclic) bond motifs is 2. The summed E-state index contributed by atoms with van der Waals surface area (Å²) in [4.78, 5) is 32.5. The van der Waals surface area contributed by atoms with Crippen LogP contribution in [0.25, 0.3) is 33.1 Å². The molecule has 1 N–H and O–H groups in total. The molecule has 244 valence electrons. The Balaban J connectivity index is 1.57. The number of rotatable bonds is 8. The highest BCUT2D eigenvalue weighted by molar-refractivity contribution is 6.76. The van der Waals surface area contributed by atoms with E-state index >= 15 is 8.78 Å². The minimum Gasteiger partial charge on any atom is -0.444 e. The molecule has 0 radical (unpaired) electrons. The van der Waals surface area contributed by atoms with Gasteiger partial charge in [0.1, 0.15) is 18.4 Å². The standard InChI is InChI=1S/C30H40ClF2N7O4Si/c1-29(2,3)44-28(42)34-22-15-39(16-30(22,32)33)27-35-25-23(26(41)38(27)5)19(14-40(25)17-43-11-12-45(6,7)8)18-9-10-21-20(24(18)31)13-37(4)36-21/h9-10,13-14,22H,11-12,15-17H2,1-8H3,(H,34,42). The molecule has 1 unspecified atom stereocenters. The molecule has 11 nitrogen and oxygen atoms in total. The number of alkyl carbamates (subject to hydrolysis) is 1. The van der Waals surface area contributed by atoms with E-state index in [4.69, 9.17) is 26.1 Å². The Morgan fingerprint density at radius 1 is 1.18 bits per heavy atom. The van der Waals surface area contributed by atoms with Gasteiger partial charge >= 0.3 is 6.09 Å². The molecule has 0 spiro atoms. The van der Waals surface area contributed by atoms with Crippen LogP contribution in [0.15, 0.2) is 29.3 Å². The lowest BCUT2D eigenvalue weighted by molar-refractivity contribution is -0.00974. The third-order valence-electron chi connectivity index (χ3n) is 7.62. The molecule has 3 aromatic heterocycles. The molecule has 1 aliphatic rings. The largest absolute Gasteiger partial charge is 0.444 e. The van der Waals surface area contributed by atoms with E-state index in [0.717, 1.165) is 11.4 Å². The maximum atomic E-state index is 15.2. The summed E-state index contributed by atoms with van der Waals surface area (Å²) in [7, 11) is 1.93. The highest BCUT2D eigenvalue weighted by Crippen LogP contribution is 2.38. The van der Waals surface area contributed by atoms with Gasteiger partial charge in [-0.25, -0.2) is 13.6 Å². The average molecular weight is 664 g/mol. The van der Waals surface area contributed by atoms with Crippen LogP contribution in [0.2, 0.25) is 30.7 Å². The molecule has 45 heavy (non-hydrogen) atoms. The SMILES string of the molecule is Cn1cc2c(Cl)c(-c3cn(COCC[Si](C)(C)C)c4nc(N5CC(NC(=O)OC(C)(C)C)C(F)(F)C5)n(C)c(=O)c34)ccc2n1. The van der Waals surface area contributed by atoms with Gasteiger partial charge in [-0.15, -0.1) is 0 Å². The number of ether oxygens (including phenoxy) is 2. The molecular formula is C30H40ClF2N7O4Si. The predicted octanol–water partition coefficient (Wildman–Crippen LogP) is 5.60. The first kappa shape index (κ1) is 32.9. The topological polar surface area (TPSA) is 108 Å². The fourth-order valence-corrected chi connectivity index (χ4v) is 6.42. The third-order valence-corrected chi connectivity index (χ3v) is 9.73. The van der Waals surface area contributed by atoms with Crippen molar-refractivity contribution < 1.29 is 23.0 Å². The zero-order valence-corrected chi connectivity index (χ0v) is 28.6. The quantitative estimate of drug-likeness (QED) is 0.193. The van der Waals surface area contributed by atoms with Crippen molar-refractivity contribution in [2.24, 2.45) is 14.1 Å². The second kappa shape index (κ2) is 11.7. The Labute approximate surface area is 266 Å². The predicted molar refractivity (Wildman–Crippen MR) is 174 cm³/mol. The fraction of sp³-hybridized carbons (Fsp3) is 0.533. The molecule has 1 aromatic carbocycles. The van der Waals surface area contributed by atoms with Crippen LogP contribution >= 0.6 is 11.6 Å². The Bertz CT molecular complexity index is 1820. The second-order valence-electron chi connectivity index (χ2n) is 13.8. The summed E-state index contributed by atoms with van der Waals surface area (Å²) in [6.45, 7) is 11.3. The lowest BCUT2D eigenvalue weighted by Gasteiger charge is -2.23. The Morgan fingerprint density at radius 3 is 2.56 bits per heavy atom. The first-order valence-corrected chi connectivity index (χ1v) is 18.9. The lowest BCUT2D eigenvalue weighted by Crippen LogP contribution is -2.48. The smallest absolute Gasteiger partial charge is 0.408 e. The summed E-state index contributed by atoms with van der Waals surface area (Å²) >= 11 is 6.88. The van der Waals surface area contributed by atoms with Crippen molar-refractivity contribution in [1.29, 1.82) is 0 Å². The molecule has 0 saturated carbocycles. The summed E-state index contributed by atoms with van der Waals surface area (Å²) in [6, 6.07) is 3.04. The molecule has 5 rings (SSSR count). The third kappa shape index (κ3) is 6.87. The average Bonchev–Trinajstić information content (AvgIpc) is 3.55. The van der Waals surface area contributed by atoms with Gasteiger partial charge in [-0.1, -0.05) is 37.3 Å². The molecule has 4 heterocycles. The highest BCUT2D eigenvalue weighted by Gasteiger charge is 2.50. The van der Waals surface area contributed by atoms with Gasteiger partial charge in [0.2, 0.25) is 5.95 Å². The van der Waals surface area contributed by atoms with Crippen LogP contribution < -0.4 is 15.8 Å². The Kier molecular flexibility index (Phi) is 8.55. The van der Waals surface area contributed by atoms with Gasteiger partial charge in [-0.05, 0) is 32.9 Å². The van der Waals surface area contributed by atoms with Crippen molar-refractivity contribution in [1.82, 2.24) is 29.2 Å². The number of amides is 1. The zero-order valence-electron chi connectivity index (χ0n) is 26.9.